The van der Waals surface area contributed by atoms with Crippen LogP contribution in [0.15, 0.2) is 0 Å². The van der Waals surface area contributed by atoms with Gasteiger partial charge in [0.25, 0.3) is 0 Å². The van der Waals surface area contributed by atoms with Crippen LogP contribution in [0, 0.1) is 5.92 Å². The maximum Gasteiger partial charge on any atom is 0.317 e. The van der Waals surface area contributed by atoms with Crippen LogP contribution >= 0.6 is 0 Å². The van der Waals surface area contributed by atoms with Crippen LogP contribution in [0.4, 0.5) is 4.79 Å². The average Bonchev–Trinajstić information content (AvgIpc) is 2.68. The zero-order valence-electron chi connectivity index (χ0n) is 9.08. The molecule has 1 aliphatic heterocycles. The number of nitrogens with zero attached hydrogens (tertiary/aromatic N) is 1. The van der Waals surface area contributed by atoms with Crippen molar-refractivity contribution in [2.45, 2.75) is 19.8 Å². The Bertz CT molecular complexity index is 179. The monoisotopic (exact) mass is 200 g/mol. The van der Waals surface area contributed by atoms with Crippen LogP contribution in [0.1, 0.15) is 19.8 Å². The number of carbonyl (C=O) groups excluding carboxylic acids is 1. The molecule has 0 aliphatic carbocycles. The fourth-order valence-corrected chi connectivity index (χ4v) is 1.74. The van der Waals surface area contributed by atoms with E-state index in [9.17, 15) is 4.79 Å². The van der Waals surface area contributed by atoms with E-state index in [0.29, 0.717) is 5.92 Å². The van der Waals surface area contributed by atoms with Gasteiger partial charge in [-0.3, -0.25) is 0 Å². The zero-order valence-corrected chi connectivity index (χ0v) is 9.08. The van der Waals surface area contributed by atoms with Gasteiger partial charge in [0.05, 0.1) is 6.61 Å². The smallest absolute Gasteiger partial charge is 0.317 e. The standard InChI is InChI=1S/C10H20N2O2/c1-3-5-12(10(13)11-2)7-9-4-6-14-8-9/h9H,3-8H2,1-2H3,(H,11,13)/t9-/m1/s1. The van der Waals surface area contributed by atoms with E-state index in [0.717, 1.165) is 39.1 Å². The number of hydrogen-bond donors (Lipinski definition) is 1. The Balaban J connectivity index is 2.37. The van der Waals surface area contributed by atoms with Crippen molar-refractivity contribution in [2.75, 3.05) is 33.4 Å². The average molecular weight is 200 g/mol. The number of amides is 2. The number of ether oxygens (including phenoxy) is 1. The summed E-state index contributed by atoms with van der Waals surface area (Å²) in [6.45, 7) is 5.39. The van der Waals surface area contributed by atoms with Crippen LogP contribution in [0.25, 0.3) is 0 Å². The van der Waals surface area contributed by atoms with Gasteiger partial charge in [0.2, 0.25) is 0 Å². The molecular weight excluding hydrogens is 180 g/mol. The van der Waals surface area contributed by atoms with Gasteiger partial charge in [-0.1, -0.05) is 6.92 Å². The molecular formula is C10H20N2O2. The van der Waals surface area contributed by atoms with Crippen LogP contribution in [0.3, 0.4) is 0 Å². The molecule has 1 saturated heterocycles. The predicted molar refractivity (Wildman–Crippen MR) is 55.2 cm³/mol. The first-order valence-electron chi connectivity index (χ1n) is 5.32. The topological polar surface area (TPSA) is 41.6 Å². The summed E-state index contributed by atoms with van der Waals surface area (Å²) in [5, 5.41) is 2.67. The first-order valence-corrected chi connectivity index (χ1v) is 5.32. The highest BCUT2D eigenvalue weighted by molar-refractivity contribution is 5.73. The summed E-state index contributed by atoms with van der Waals surface area (Å²) in [5.74, 6) is 0.527. The van der Waals surface area contributed by atoms with Gasteiger partial charge in [-0.2, -0.15) is 0 Å². The van der Waals surface area contributed by atoms with Gasteiger partial charge < -0.3 is 15.0 Å². The Morgan fingerprint density at radius 2 is 2.43 bits per heavy atom. The second kappa shape index (κ2) is 5.86. The molecule has 0 bridgehead atoms. The highest BCUT2D eigenvalue weighted by Gasteiger charge is 2.21. The molecule has 1 atom stereocenters. The van der Waals surface area contributed by atoms with E-state index in [2.05, 4.69) is 12.2 Å². The first kappa shape index (κ1) is 11.3. The van der Waals surface area contributed by atoms with Crippen LogP contribution in [-0.4, -0.2) is 44.3 Å². The van der Waals surface area contributed by atoms with E-state index in [1.807, 2.05) is 4.90 Å². The van der Waals surface area contributed by atoms with Crippen LogP contribution in [-0.2, 0) is 4.74 Å². The van der Waals surface area contributed by atoms with Gasteiger partial charge in [-0.15, -0.1) is 0 Å². The van der Waals surface area contributed by atoms with Gasteiger partial charge in [0.1, 0.15) is 0 Å². The number of rotatable bonds is 4. The van der Waals surface area contributed by atoms with E-state index >= 15 is 0 Å². The summed E-state index contributed by atoms with van der Waals surface area (Å²) < 4.78 is 5.29. The summed E-state index contributed by atoms with van der Waals surface area (Å²) in [6, 6.07) is 0.0266. The molecule has 82 valence electrons. The quantitative estimate of drug-likeness (QED) is 0.737. The van der Waals surface area contributed by atoms with E-state index in [4.69, 9.17) is 4.74 Å². The predicted octanol–water partition coefficient (Wildman–Crippen LogP) is 1.07. The lowest BCUT2D eigenvalue weighted by atomic mass is 10.1. The van der Waals surface area contributed by atoms with Crippen molar-refractivity contribution < 1.29 is 9.53 Å². The lowest BCUT2D eigenvalue weighted by Gasteiger charge is -2.24. The van der Waals surface area contributed by atoms with E-state index < -0.39 is 0 Å². The fourth-order valence-electron chi connectivity index (χ4n) is 1.74. The molecule has 1 aliphatic rings. The summed E-state index contributed by atoms with van der Waals surface area (Å²) in [6.07, 6.45) is 2.08. The molecule has 0 aromatic rings. The van der Waals surface area contributed by atoms with Gasteiger partial charge in [-0.05, 0) is 12.8 Å². The van der Waals surface area contributed by atoms with Crippen LogP contribution < -0.4 is 5.32 Å². The van der Waals surface area contributed by atoms with Crippen molar-refractivity contribution in [1.29, 1.82) is 0 Å². The van der Waals surface area contributed by atoms with Crippen molar-refractivity contribution in [1.82, 2.24) is 10.2 Å². The molecule has 4 nitrogen and oxygen atoms in total. The third-order valence-corrected chi connectivity index (χ3v) is 2.50. The van der Waals surface area contributed by atoms with Crippen LogP contribution in [0.5, 0.6) is 0 Å². The Kier molecular flexibility index (Phi) is 4.73. The highest BCUT2D eigenvalue weighted by Crippen LogP contribution is 2.14. The molecule has 1 N–H and O–H groups in total. The van der Waals surface area contributed by atoms with Crippen molar-refractivity contribution in [3.8, 4) is 0 Å². The van der Waals surface area contributed by atoms with Gasteiger partial charge in [-0.25, -0.2) is 4.79 Å². The molecule has 1 heterocycles. The van der Waals surface area contributed by atoms with Gasteiger partial charge in [0.15, 0.2) is 0 Å². The minimum Gasteiger partial charge on any atom is -0.381 e. The number of hydrogen-bond acceptors (Lipinski definition) is 2. The Labute approximate surface area is 85.6 Å². The Hall–Kier alpha value is -0.770. The van der Waals surface area contributed by atoms with Crippen LogP contribution in [0.2, 0.25) is 0 Å². The summed E-state index contributed by atoms with van der Waals surface area (Å²) in [4.78, 5) is 13.3. The number of carbonyl (C=O) groups is 1. The molecule has 0 unspecified atom stereocenters. The largest absolute Gasteiger partial charge is 0.381 e. The second-order valence-corrected chi connectivity index (χ2v) is 3.73. The fraction of sp³-hybridized carbons (Fsp3) is 0.900. The Morgan fingerprint density at radius 1 is 1.64 bits per heavy atom. The molecule has 0 saturated carbocycles. The lowest BCUT2D eigenvalue weighted by Crippen LogP contribution is -2.41. The summed E-state index contributed by atoms with van der Waals surface area (Å²) in [7, 11) is 1.68. The van der Waals surface area contributed by atoms with Gasteiger partial charge >= 0.3 is 6.03 Å². The summed E-state index contributed by atoms with van der Waals surface area (Å²) >= 11 is 0. The first-order chi connectivity index (χ1) is 6.77. The highest BCUT2D eigenvalue weighted by atomic mass is 16.5. The molecule has 0 aromatic heterocycles. The molecule has 0 aromatic carbocycles. The molecule has 2 amide bonds. The maximum absolute atomic E-state index is 11.5. The van der Waals surface area contributed by atoms with E-state index in [-0.39, 0.29) is 6.03 Å². The molecule has 0 spiro atoms. The maximum atomic E-state index is 11.5. The van der Waals surface area contributed by atoms with Gasteiger partial charge in [0, 0.05) is 32.7 Å². The van der Waals surface area contributed by atoms with E-state index in [1.54, 1.807) is 7.05 Å². The van der Waals surface area contributed by atoms with Crippen molar-refractivity contribution in [3.05, 3.63) is 0 Å². The summed E-state index contributed by atoms with van der Waals surface area (Å²) in [5.41, 5.74) is 0. The van der Waals surface area contributed by atoms with Crippen molar-refractivity contribution in [3.63, 3.8) is 0 Å². The van der Waals surface area contributed by atoms with Crippen molar-refractivity contribution in [2.24, 2.45) is 5.92 Å². The third kappa shape index (κ3) is 3.18. The Morgan fingerprint density at radius 3 is 2.93 bits per heavy atom. The molecule has 14 heavy (non-hydrogen) atoms. The normalized spacial score (nSPS) is 20.9. The second-order valence-electron chi connectivity index (χ2n) is 3.73. The minimum absolute atomic E-state index is 0.0266. The SMILES string of the molecule is CCCN(C[C@H]1CCOC1)C(=O)NC. The van der Waals surface area contributed by atoms with E-state index in [1.165, 1.54) is 0 Å². The molecule has 4 heteroatoms. The minimum atomic E-state index is 0.0266. The number of nitrogens with one attached hydrogen (secondary N) is 1. The third-order valence-electron chi connectivity index (χ3n) is 2.50. The molecule has 1 rings (SSSR count). The van der Waals surface area contributed by atoms with Crippen molar-refractivity contribution >= 4 is 6.03 Å². The molecule has 0 radical (unpaired) electrons. The number of urea groups is 1. The molecule has 1 fully saturated rings. The zero-order chi connectivity index (χ0) is 10.4. The lowest BCUT2D eigenvalue weighted by molar-refractivity contribution is 0.165.